The molecule has 6 heteroatoms. The third-order valence-electron chi connectivity index (χ3n) is 11.9. The molecule has 53 heavy (non-hydrogen) atoms. The van der Waals surface area contributed by atoms with Crippen molar-refractivity contribution in [1.82, 2.24) is 0 Å². The van der Waals surface area contributed by atoms with Crippen LogP contribution in [-0.2, 0) is 19.4 Å². The zero-order valence-corrected chi connectivity index (χ0v) is 35.6. The first-order valence-electron chi connectivity index (χ1n) is 20.5. The molecule has 294 valence electrons. The molecule has 0 aliphatic carbocycles. The van der Waals surface area contributed by atoms with E-state index in [0.717, 1.165) is 49.2 Å². The number of halogens is 1. The van der Waals surface area contributed by atoms with Gasteiger partial charge in [0.15, 0.2) is 8.32 Å². The van der Waals surface area contributed by atoms with Crippen molar-refractivity contribution in [3.63, 3.8) is 0 Å². The molecule has 3 rings (SSSR count). The van der Waals surface area contributed by atoms with Crippen LogP contribution in [0.1, 0.15) is 141 Å². The van der Waals surface area contributed by atoms with Crippen LogP contribution in [0.4, 0.5) is 4.39 Å². The maximum Gasteiger partial charge on any atom is 0.308 e. The van der Waals surface area contributed by atoms with Crippen LogP contribution in [0.2, 0.25) is 18.1 Å². The van der Waals surface area contributed by atoms with Crippen molar-refractivity contribution in [3.05, 3.63) is 101 Å². The molecule has 0 amide bonds. The highest BCUT2D eigenvalue weighted by molar-refractivity contribution is 6.74. The second-order valence-corrected chi connectivity index (χ2v) is 21.9. The third kappa shape index (κ3) is 14.0. The van der Waals surface area contributed by atoms with Crippen LogP contribution in [0.25, 0.3) is 0 Å². The minimum Gasteiger partial charge on any atom is -0.494 e. The van der Waals surface area contributed by atoms with Gasteiger partial charge in [-0.1, -0.05) is 141 Å². The molecule has 0 radical (unpaired) electrons. The molecule has 0 fully saturated rings. The van der Waals surface area contributed by atoms with Crippen LogP contribution < -0.4 is 4.74 Å². The normalized spacial score (nSPS) is 15.0. The number of ether oxygens (including phenoxy) is 2. The molecule has 0 aliphatic rings. The lowest BCUT2D eigenvalue weighted by molar-refractivity contribution is -0.145. The van der Waals surface area contributed by atoms with E-state index in [1.54, 1.807) is 12.1 Å². The summed E-state index contributed by atoms with van der Waals surface area (Å²) in [6, 6.07) is 26.1. The average Bonchev–Trinajstić information content (AvgIpc) is 3.14. The Labute approximate surface area is 323 Å². The summed E-state index contributed by atoms with van der Waals surface area (Å²) in [5, 5.41) is 0.280. The molecule has 0 spiro atoms. The second-order valence-electron chi connectivity index (χ2n) is 17.1. The number of unbranched alkanes of at least 4 members (excludes halogenated alkanes) is 7. The van der Waals surface area contributed by atoms with Gasteiger partial charge < -0.3 is 13.9 Å². The van der Waals surface area contributed by atoms with Crippen molar-refractivity contribution in [2.24, 2.45) is 11.8 Å². The van der Waals surface area contributed by atoms with Crippen molar-refractivity contribution in [1.29, 1.82) is 0 Å². The van der Waals surface area contributed by atoms with Crippen LogP contribution in [0.15, 0.2) is 78.9 Å². The Hall–Kier alpha value is -2.96. The summed E-state index contributed by atoms with van der Waals surface area (Å²) in [6.45, 7) is 19.7. The smallest absolute Gasteiger partial charge is 0.308 e. The van der Waals surface area contributed by atoms with E-state index in [1.165, 1.54) is 57.6 Å². The highest BCUT2D eigenvalue weighted by Gasteiger charge is 2.40. The van der Waals surface area contributed by atoms with Gasteiger partial charge in [0.05, 0.1) is 19.6 Å². The lowest BCUT2D eigenvalue weighted by Gasteiger charge is -2.40. The van der Waals surface area contributed by atoms with Gasteiger partial charge in [-0.3, -0.25) is 4.79 Å². The first-order chi connectivity index (χ1) is 25.2. The van der Waals surface area contributed by atoms with E-state index in [-0.39, 0.29) is 28.7 Å². The van der Waals surface area contributed by atoms with E-state index in [4.69, 9.17) is 13.9 Å². The van der Waals surface area contributed by atoms with E-state index < -0.39 is 13.7 Å². The Bertz CT molecular complexity index is 1450. The summed E-state index contributed by atoms with van der Waals surface area (Å²) in [5.41, 5.74) is 2.83. The Balaban J connectivity index is 1.67. The average molecular weight is 747 g/mol. The van der Waals surface area contributed by atoms with Gasteiger partial charge in [0.1, 0.15) is 11.6 Å². The minimum absolute atomic E-state index is 0.235. The first kappa shape index (κ1) is 44.4. The van der Waals surface area contributed by atoms with Crippen molar-refractivity contribution < 1.29 is 23.1 Å². The summed E-state index contributed by atoms with van der Waals surface area (Å²) in [7, 11) is -0.172. The van der Waals surface area contributed by atoms with Gasteiger partial charge in [0.25, 0.3) is 0 Å². The van der Waals surface area contributed by atoms with E-state index >= 15 is 0 Å². The van der Waals surface area contributed by atoms with Gasteiger partial charge in [-0.15, -0.1) is 0 Å². The molecule has 3 aromatic rings. The molecule has 0 bridgehead atoms. The number of hydrogen-bond acceptors (Lipinski definition) is 4. The van der Waals surface area contributed by atoms with E-state index in [0.29, 0.717) is 18.9 Å². The summed E-state index contributed by atoms with van der Waals surface area (Å²) < 4.78 is 32.2. The monoisotopic (exact) mass is 747 g/mol. The Morgan fingerprint density at radius 2 is 1.26 bits per heavy atom. The largest absolute Gasteiger partial charge is 0.494 e. The maximum absolute atomic E-state index is 14.4. The van der Waals surface area contributed by atoms with Crippen molar-refractivity contribution in [2.75, 3.05) is 20.3 Å². The first-order valence-corrected chi connectivity index (χ1v) is 23.4. The molecule has 4 nitrogen and oxygen atoms in total. The molecule has 0 aliphatic heterocycles. The summed E-state index contributed by atoms with van der Waals surface area (Å²) >= 11 is 0. The zero-order chi connectivity index (χ0) is 38.9. The predicted octanol–water partition coefficient (Wildman–Crippen LogP) is 13.4. The highest BCUT2D eigenvalue weighted by Crippen LogP contribution is 2.48. The second kappa shape index (κ2) is 21.8. The number of rotatable bonds is 24. The molecule has 3 aromatic carbocycles. The van der Waals surface area contributed by atoms with Crippen molar-refractivity contribution >= 4 is 14.3 Å². The van der Waals surface area contributed by atoms with Crippen LogP contribution >= 0.6 is 0 Å². The molecular weight excluding hydrogens is 676 g/mol. The van der Waals surface area contributed by atoms with Crippen molar-refractivity contribution in [2.45, 2.75) is 148 Å². The van der Waals surface area contributed by atoms with Crippen molar-refractivity contribution in [3.8, 4) is 5.75 Å². The lowest BCUT2D eigenvalue weighted by Crippen LogP contribution is -2.40. The Morgan fingerprint density at radius 3 is 1.79 bits per heavy atom. The van der Waals surface area contributed by atoms with Gasteiger partial charge in [-0.05, 0) is 103 Å². The number of esters is 1. The van der Waals surface area contributed by atoms with Gasteiger partial charge in [-0.25, -0.2) is 4.39 Å². The molecular formula is C47H71FO4Si. The van der Waals surface area contributed by atoms with Gasteiger partial charge >= 0.3 is 5.97 Å². The molecule has 4 atom stereocenters. The highest BCUT2D eigenvalue weighted by atomic mass is 28.4. The van der Waals surface area contributed by atoms with Crippen LogP contribution in [0.5, 0.6) is 5.75 Å². The van der Waals surface area contributed by atoms with Crippen LogP contribution in [0, 0.1) is 17.7 Å². The maximum atomic E-state index is 14.4. The van der Waals surface area contributed by atoms with Crippen LogP contribution in [-0.4, -0.2) is 34.6 Å². The molecule has 0 saturated heterocycles. The summed E-state index contributed by atoms with van der Waals surface area (Å²) in [6.07, 6.45) is 13.1. The number of methoxy groups -OCH3 is 1. The van der Waals surface area contributed by atoms with E-state index in [2.05, 4.69) is 102 Å². The number of hydrogen-bond donors (Lipinski definition) is 0. The molecule has 0 heterocycles. The van der Waals surface area contributed by atoms with E-state index in [1.807, 2.05) is 19.1 Å². The Kier molecular flexibility index (Phi) is 18.3. The number of carbonyl (C=O) groups excluding carboxylic acids is 1. The predicted molar refractivity (Wildman–Crippen MR) is 223 cm³/mol. The molecule has 4 unspecified atom stereocenters. The fourth-order valence-corrected chi connectivity index (χ4v) is 8.39. The molecule has 0 N–H and O–H groups in total. The number of benzene rings is 3. The zero-order valence-electron chi connectivity index (χ0n) is 34.6. The fourth-order valence-electron chi connectivity index (χ4n) is 7.30. The lowest BCUT2D eigenvalue weighted by atomic mass is 9.63. The standard InChI is InChI=1S/C47H71FO4Si/c1-10-37(2)34-40(39-22-18-17-19-23-39)36-47(35-38(3)45(49)50-7,41-24-28-43(48)29-25-41)42-26-30-44(31-27-42)51-32-20-15-13-11-12-14-16-21-33-52-53(8,9)46(4,5)6/h17-19,22-31,37-38,40H,10-16,20-21,32-36H2,1-9H3. The third-order valence-corrected chi connectivity index (χ3v) is 16.4. The minimum atomic E-state index is -1.63. The summed E-state index contributed by atoms with van der Waals surface area (Å²) in [5.74, 6) is 0.746. The fraction of sp³-hybridized carbons (Fsp3) is 0.596. The Morgan fingerprint density at radius 1 is 0.736 bits per heavy atom. The molecule has 0 aromatic heterocycles. The summed E-state index contributed by atoms with van der Waals surface area (Å²) in [4.78, 5) is 13.0. The number of carbonyl (C=O) groups is 1. The topological polar surface area (TPSA) is 44.8 Å². The van der Waals surface area contributed by atoms with E-state index in [9.17, 15) is 9.18 Å². The quantitative estimate of drug-likeness (QED) is 0.0520. The van der Waals surface area contributed by atoms with Crippen LogP contribution in [0.3, 0.4) is 0 Å². The SMILES string of the molecule is CCC(C)CC(CC(CC(C)C(=O)OC)(c1ccc(F)cc1)c1ccc(OCCCCCCCCCCO[Si](C)(C)C(C)(C)C)cc1)c1ccccc1. The van der Waals surface area contributed by atoms with Gasteiger partial charge in [0.2, 0.25) is 0 Å². The molecule has 0 saturated carbocycles. The van der Waals surface area contributed by atoms with Gasteiger partial charge in [-0.2, -0.15) is 0 Å². The van der Waals surface area contributed by atoms with Gasteiger partial charge in [0, 0.05) is 12.0 Å².